The number of hydrogen-bond donors (Lipinski definition) is 1. The number of nitrogens with zero attached hydrogens (tertiary/aromatic N) is 2. The van der Waals surface area contributed by atoms with Crippen LogP contribution >= 0.6 is 12.2 Å². The molecule has 0 radical (unpaired) electrons. The largest absolute Gasteiger partial charge is 0.392 e. The maximum Gasteiger partial charge on any atom is 0.226 e. The highest BCUT2D eigenvalue weighted by atomic mass is 32.1. The van der Waals surface area contributed by atoms with Gasteiger partial charge in [0.15, 0.2) is 0 Å². The lowest BCUT2D eigenvalue weighted by Crippen LogP contribution is -2.54. The predicted octanol–water partition coefficient (Wildman–Crippen LogP) is 1.24. The Morgan fingerprint density at radius 3 is 2.20 bits per heavy atom. The fourth-order valence-corrected chi connectivity index (χ4v) is 4.23. The van der Waals surface area contributed by atoms with Crippen LogP contribution in [0.5, 0.6) is 0 Å². The molecule has 1 saturated heterocycles. The van der Waals surface area contributed by atoms with E-state index in [2.05, 4.69) is 16.7 Å². The summed E-state index contributed by atoms with van der Waals surface area (Å²) in [5, 5.41) is 0. The van der Waals surface area contributed by atoms with Gasteiger partial charge in [-0.3, -0.25) is 9.69 Å². The van der Waals surface area contributed by atoms with Gasteiger partial charge in [-0.05, 0) is 31.6 Å². The van der Waals surface area contributed by atoms with Crippen molar-refractivity contribution in [3.63, 3.8) is 0 Å². The van der Waals surface area contributed by atoms with Crippen LogP contribution in [0.1, 0.15) is 32.6 Å². The maximum absolute atomic E-state index is 12.6. The van der Waals surface area contributed by atoms with E-state index in [0.29, 0.717) is 28.6 Å². The van der Waals surface area contributed by atoms with Crippen molar-refractivity contribution >= 4 is 23.1 Å². The Morgan fingerprint density at radius 2 is 1.70 bits per heavy atom. The predicted molar refractivity (Wildman–Crippen MR) is 83.3 cm³/mol. The van der Waals surface area contributed by atoms with E-state index < -0.39 is 0 Å². The van der Waals surface area contributed by atoms with Gasteiger partial charge in [0.2, 0.25) is 5.91 Å². The molecule has 3 atom stereocenters. The molecule has 2 aliphatic carbocycles. The van der Waals surface area contributed by atoms with Gasteiger partial charge in [-0.25, -0.2) is 0 Å². The summed E-state index contributed by atoms with van der Waals surface area (Å²) < 4.78 is 0. The summed E-state index contributed by atoms with van der Waals surface area (Å²) in [6.45, 7) is 5.51. The summed E-state index contributed by atoms with van der Waals surface area (Å²) in [5.74, 6) is 2.20. The minimum Gasteiger partial charge on any atom is -0.392 e. The number of amides is 1. The third-order valence-corrected chi connectivity index (χ3v) is 5.87. The topological polar surface area (TPSA) is 49.6 Å². The molecule has 3 fully saturated rings. The van der Waals surface area contributed by atoms with E-state index in [1.807, 2.05) is 0 Å². The number of thiocarbonyl (C=S) groups is 1. The van der Waals surface area contributed by atoms with Crippen LogP contribution in [0.3, 0.4) is 0 Å². The zero-order valence-electron chi connectivity index (χ0n) is 12.3. The normalized spacial score (nSPS) is 35.2. The molecule has 1 heterocycles. The number of piperazine rings is 1. The number of fused-ring (bicyclic) bond motifs is 1. The van der Waals surface area contributed by atoms with Crippen LogP contribution in [-0.2, 0) is 4.79 Å². The van der Waals surface area contributed by atoms with Crippen molar-refractivity contribution < 1.29 is 4.79 Å². The number of nitrogens with two attached hydrogens (primary N) is 1. The van der Waals surface area contributed by atoms with Crippen molar-refractivity contribution in [3.8, 4) is 0 Å². The van der Waals surface area contributed by atoms with Crippen LogP contribution < -0.4 is 5.73 Å². The quantitative estimate of drug-likeness (QED) is 0.796. The van der Waals surface area contributed by atoms with Gasteiger partial charge in [0.05, 0.1) is 11.0 Å². The van der Waals surface area contributed by atoms with E-state index in [-0.39, 0.29) is 6.04 Å². The average Bonchev–Trinajstić information content (AvgIpc) is 3.20. The molecule has 0 bridgehead atoms. The molecule has 5 heteroatoms. The molecule has 20 heavy (non-hydrogen) atoms. The third-order valence-electron chi connectivity index (χ3n) is 5.53. The highest BCUT2D eigenvalue weighted by Crippen LogP contribution is 2.56. The number of hydrogen-bond acceptors (Lipinski definition) is 3. The molecule has 3 aliphatic rings. The molecule has 1 amide bonds. The van der Waals surface area contributed by atoms with Gasteiger partial charge in [-0.2, -0.15) is 0 Å². The lowest BCUT2D eigenvalue weighted by molar-refractivity contribution is -0.135. The minimum absolute atomic E-state index is 0.144. The van der Waals surface area contributed by atoms with Crippen LogP contribution in [-0.4, -0.2) is 52.9 Å². The second-order valence-corrected chi connectivity index (χ2v) is 7.05. The molecule has 3 unspecified atom stereocenters. The lowest BCUT2D eigenvalue weighted by Gasteiger charge is -2.37. The molecule has 2 N–H and O–H groups in total. The van der Waals surface area contributed by atoms with Crippen LogP contribution in [0, 0.1) is 17.8 Å². The van der Waals surface area contributed by atoms with Crippen molar-refractivity contribution in [1.82, 2.24) is 9.80 Å². The van der Waals surface area contributed by atoms with E-state index in [4.69, 9.17) is 18.0 Å². The molecule has 1 aliphatic heterocycles. The summed E-state index contributed by atoms with van der Waals surface area (Å²) in [6, 6.07) is 0.144. The first kappa shape index (κ1) is 14.3. The van der Waals surface area contributed by atoms with Gasteiger partial charge in [0.1, 0.15) is 0 Å². The number of carbonyl (C=O) groups excluding carboxylic acids is 1. The second kappa shape index (κ2) is 5.60. The van der Waals surface area contributed by atoms with Crippen LogP contribution in [0.4, 0.5) is 0 Å². The molecule has 4 nitrogen and oxygen atoms in total. The summed E-state index contributed by atoms with van der Waals surface area (Å²) >= 11 is 5.06. The molecule has 112 valence electrons. The molecule has 3 rings (SSSR count). The minimum atomic E-state index is 0.144. The molecular formula is C15H25N3OS. The zero-order valence-corrected chi connectivity index (χ0v) is 13.1. The van der Waals surface area contributed by atoms with Crippen molar-refractivity contribution in [2.45, 2.75) is 38.6 Å². The average molecular weight is 295 g/mol. The van der Waals surface area contributed by atoms with E-state index >= 15 is 0 Å². The molecule has 2 saturated carbocycles. The van der Waals surface area contributed by atoms with E-state index in [1.54, 1.807) is 0 Å². The first-order chi connectivity index (χ1) is 9.59. The summed E-state index contributed by atoms with van der Waals surface area (Å²) in [4.78, 5) is 17.5. The molecular weight excluding hydrogens is 270 g/mol. The van der Waals surface area contributed by atoms with E-state index in [1.165, 1.54) is 25.7 Å². The molecule has 0 aromatic heterocycles. The van der Waals surface area contributed by atoms with Gasteiger partial charge >= 0.3 is 0 Å². The van der Waals surface area contributed by atoms with Crippen molar-refractivity contribution in [2.75, 3.05) is 26.2 Å². The Kier molecular flexibility index (Phi) is 4.00. The van der Waals surface area contributed by atoms with E-state index in [9.17, 15) is 4.79 Å². The number of carbonyl (C=O) groups is 1. The fourth-order valence-electron chi connectivity index (χ4n) is 4.08. The molecule has 0 spiro atoms. The number of rotatable bonds is 3. The standard InChI is InChI=1S/C15H25N3OS/c1-10(14(16)20)17-6-8-18(9-7-17)15(19)13-11-4-2-3-5-12(11)13/h10-13H,2-9H2,1H3,(H2,16,20). The Hall–Kier alpha value is -0.680. The fraction of sp³-hybridized carbons (Fsp3) is 0.867. The van der Waals surface area contributed by atoms with Crippen molar-refractivity contribution in [1.29, 1.82) is 0 Å². The Morgan fingerprint density at radius 1 is 1.15 bits per heavy atom. The zero-order chi connectivity index (χ0) is 14.3. The first-order valence-electron chi connectivity index (χ1n) is 7.91. The monoisotopic (exact) mass is 295 g/mol. The third kappa shape index (κ3) is 2.58. The smallest absolute Gasteiger partial charge is 0.226 e. The van der Waals surface area contributed by atoms with Gasteiger partial charge < -0.3 is 10.6 Å². The molecule has 0 aromatic carbocycles. The SMILES string of the molecule is CC(C(N)=S)N1CCN(C(=O)C2C3CCCCC32)CC1. The van der Waals surface area contributed by atoms with Crippen LogP contribution in [0.15, 0.2) is 0 Å². The highest BCUT2D eigenvalue weighted by molar-refractivity contribution is 7.80. The van der Waals surface area contributed by atoms with Crippen molar-refractivity contribution in [2.24, 2.45) is 23.5 Å². The summed E-state index contributed by atoms with van der Waals surface area (Å²) in [5.41, 5.74) is 5.71. The van der Waals surface area contributed by atoms with Gasteiger partial charge in [-0.1, -0.05) is 25.1 Å². The summed E-state index contributed by atoms with van der Waals surface area (Å²) in [6.07, 6.45) is 5.20. The van der Waals surface area contributed by atoms with Crippen LogP contribution in [0.25, 0.3) is 0 Å². The first-order valence-corrected chi connectivity index (χ1v) is 8.32. The second-order valence-electron chi connectivity index (χ2n) is 6.58. The Labute approximate surface area is 126 Å². The van der Waals surface area contributed by atoms with Crippen molar-refractivity contribution in [3.05, 3.63) is 0 Å². The van der Waals surface area contributed by atoms with Gasteiger partial charge in [-0.15, -0.1) is 0 Å². The molecule has 0 aromatic rings. The lowest BCUT2D eigenvalue weighted by atomic mass is 10.0. The van der Waals surface area contributed by atoms with Gasteiger partial charge in [0, 0.05) is 32.1 Å². The highest BCUT2D eigenvalue weighted by Gasteiger charge is 2.55. The van der Waals surface area contributed by atoms with Gasteiger partial charge in [0.25, 0.3) is 0 Å². The van der Waals surface area contributed by atoms with Crippen LogP contribution in [0.2, 0.25) is 0 Å². The Balaban J connectivity index is 1.51. The van der Waals surface area contributed by atoms with E-state index in [0.717, 1.165) is 26.2 Å². The Bertz CT molecular complexity index is 394. The summed E-state index contributed by atoms with van der Waals surface area (Å²) in [7, 11) is 0. The maximum atomic E-state index is 12.6.